The fourth-order valence-corrected chi connectivity index (χ4v) is 2.64. The molecule has 0 aliphatic carbocycles. The van der Waals surface area contributed by atoms with Crippen molar-refractivity contribution in [1.29, 1.82) is 0 Å². The molecule has 1 aliphatic heterocycles. The number of halogens is 1. The average molecular weight is 360 g/mol. The quantitative estimate of drug-likeness (QED) is 0.792. The molecule has 3 rings (SSSR count). The molecule has 1 amide bonds. The van der Waals surface area contributed by atoms with E-state index in [4.69, 9.17) is 19.9 Å². The molecule has 0 saturated carbocycles. The van der Waals surface area contributed by atoms with Gasteiger partial charge >= 0.3 is 0 Å². The molecule has 1 heterocycles. The average Bonchev–Trinajstić information content (AvgIpc) is 3.10. The molecular formula is C19H21FN2O4. The van der Waals surface area contributed by atoms with E-state index >= 15 is 0 Å². The standard InChI is InChI=1S/C19H21FN2O4/c1-11-4-3-5-15(20)14(11)9-24-16-7-6-13(8-22-12(2)19(21)23)17-18(16)26-10-25-17/h3-7,12,22H,8-10H2,1-2H3,(H2,21,23). The number of hydrogen-bond acceptors (Lipinski definition) is 5. The summed E-state index contributed by atoms with van der Waals surface area (Å²) in [7, 11) is 0. The maximum atomic E-state index is 14.0. The normalized spacial score (nSPS) is 13.5. The van der Waals surface area contributed by atoms with Crippen molar-refractivity contribution in [3.05, 3.63) is 52.8 Å². The highest BCUT2D eigenvalue weighted by atomic mass is 19.1. The fraction of sp³-hybridized carbons (Fsp3) is 0.316. The van der Waals surface area contributed by atoms with Gasteiger partial charge in [-0.2, -0.15) is 0 Å². The van der Waals surface area contributed by atoms with Crippen LogP contribution in [0.1, 0.15) is 23.6 Å². The molecule has 0 radical (unpaired) electrons. The third kappa shape index (κ3) is 3.72. The molecule has 0 aromatic heterocycles. The van der Waals surface area contributed by atoms with Crippen LogP contribution in [0.3, 0.4) is 0 Å². The number of amides is 1. The largest absolute Gasteiger partial charge is 0.485 e. The van der Waals surface area contributed by atoms with Gasteiger partial charge < -0.3 is 25.3 Å². The van der Waals surface area contributed by atoms with Crippen molar-refractivity contribution in [2.24, 2.45) is 5.73 Å². The Bertz CT molecular complexity index is 805. The van der Waals surface area contributed by atoms with Crippen molar-refractivity contribution in [3.8, 4) is 17.2 Å². The Morgan fingerprint density at radius 3 is 2.81 bits per heavy atom. The number of carbonyl (C=O) groups excluding carboxylic acids is 1. The molecule has 2 aromatic rings. The number of hydrogen-bond donors (Lipinski definition) is 2. The Labute approximate surface area is 151 Å². The van der Waals surface area contributed by atoms with Crippen LogP contribution >= 0.6 is 0 Å². The Kier molecular flexibility index (Phi) is 5.27. The van der Waals surface area contributed by atoms with Crippen LogP contribution < -0.4 is 25.3 Å². The fourth-order valence-electron chi connectivity index (χ4n) is 2.64. The van der Waals surface area contributed by atoms with Crippen molar-refractivity contribution in [1.82, 2.24) is 5.32 Å². The van der Waals surface area contributed by atoms with Crippen LogP contribution in [0.4, 0.5) is 4.39 Å². The second-order valence-corrected chi connectivity index (χ2v) is 6.12. The first-order valence-corrected chi connectivity index (χ1v) is 8.28. The zero-order valence-electron chi connectivity index (χ0n) is 14.7. The van der Waals surface area contributed by atoms with Crippen molar-refractivity contribution >= 4 is 5.91 Å². The van der Waals surface area contributed by atoms with Gasteiger partial charge in [-0.15, -0.1) is 0 Å². The Morgan fingerprint density at radius 2 is 2.08 bits per heavy atom. The minimum atomic E-state index is -0.465. The third-order valence-corrected chi connectivity index (χ3v) is 4.31. The molecule has 2 aromatic carbocycles. The summed E-state index contributed by atoms with van der Waals surface area (Å²) in [6.07, 6.45) is 0. The van der Waals surface area contributed by atoms with Gasteiger partial charge in [-0.3, -0.25) is 4.79 Å². The lowest BCUT2D eigenvalue weighted by atomic mass is 10.1. The Hall–Kier alpha value is -2.80. The molecule has 0 spiro atoms. The number of carbonyl (C=O) groups is 1. The van der Waals surface area contributed by atoms with Crippen LogP contribution in [0.15, 0.2) is 30.3 Å². The van der Waals surface area contributed by atoms with Crippen LogP contribution in [0.5, 0.6) is 17.2 Å². The summed E-state index contributed by atoms with van der Waals surface area (Å²) in [5.41, 5.74) is 7.39. The van der Waals surface area contributed by atoms with Crippen LogP contribution in [-0.2, 0) is 17.9 Å². The van der Waals surface area contributed by atoms with Gasteiger partial charge in [-0.05, 0) is 31.5 Å². The second-order valence-electron chi connectivity index (χ2n) is 6.12. The lowest BCUT2D eigenvalue weighted by molar-refractivity contribution is -0.119. The zero-order chi connectivity index (χ0) is 18.7. The summed E-state index contributed by atoms with van der Waals surface area (Å²) < 4.78 is 30.8. The number of aryl methyl sites for hydroxylation is 1. The predicted molar refractivity (Wildman–Crippen MR) is 93.5 cm³/mol. The summed E-state index contributed by atoms with van der Waals surface area (Å²) in [5, 5.41) is 3.02. The van der Waals surface area contributed by atoms with Gasteiger partial charge in [0, 0.05) is 17.7 Å². The van der Waals surface area contributed by atoms with Crippen LogP contribution in [0.2, 0.25) is 0 Å². The van der Waals surface area contributed by atoms with Crippen LogP contribution in [-0.4, -0.2) is 18.7 Å². The summed E-state index contributed by atoms with van der Waals surface area (Å²) in [5.74, 6) is 0.771. The molecule has 0 fully saturated rings. The first kappa shape index (κ1) is 18.0. The SMILES string of the molecule is Cc1cccc(F)c1COc1ccc(CNC(C)C(N)=O)c2c1OCO2. The molecule has 3 N–H and O–H groups in total. The van der Waals surface area contributed by atoms with E-state index in [9.17, 15) is 9.18 Å². The van der Waals surface area contributed by atoms with E-state index in [-0.39, 0.29) is 19.2 Å². The van der Waals surface area contributed by atoms with Gasteiger partial charge in [-0.25, -0.2) is 4.39 Å². The number of benzene rings is 2. The van der Waals surface area contributed by atoms with E-state index in [1.165, 1.54) is 6.07 Å². The smallest absolute Gasteiger partial charge is 0.234 e. The number of fused-ring (bicyclic) bond motifs is 1. The maximum absolute atomic E-state index is 14.0. The second kappa shape index (κ2) is 7.61. The molecule has 1 unspecified atom stereocenters. The first-order chi connectivity index (χ1) is 12.5. The lowest BCUT2D eigenvalue weighted by Crippen LogP contribution is -2.38. The highest BCUT2D eigenvalue weighted by Gasteiger charge is 2.24. The molecule has 7 heteroatoms. The van der Waals surface area contributed by atoms with Crippen LogP contribution in [0.25, 0.3) is 0 Å². The molecule has 0 saturated heterocycles. The topological polar surface area (TPSA) is 82.8 Å². The van der Waals surface area contributed by atoms with Crippen molar-refractivity contribution in [2.75, 3.05) is 6.79 Å². The minimum absolute atomic E-state index is 0.0762. The number of ether oxygens (including phenoxy) is 3. The van der Waals surface area contributed by atoms with Gasteiger partial charge in [-0.1, -0.05) is 18.2 Å². The van der Waals surface area contributed by atoms with E-state index in [1.54, 1.807) is 19.1 Å². The summed E-state index contributed by atoms with van der Waals surface area (Å²) in [6.45, 7) is 4.08. The summed E-state index contributed by atoms with van der Waals surface area (Å²) >= 11 is 0. The highest BCUT2D eigenvalue weighted by molar-refractivity contribution is 5.79. The van der Waals surface area contributed by atoms with Gasteiger partial charge in [0.05, 0.1) is 6.04 Å². The van der Waals surface area contributed by atoms with E-state index in [0.29, 0.717) is 29.4 Å². The van der Waals surface area contributed by atoms with Crippen molar-refractivity contribution in [2.45, 2.75) is 33.0 Å². The number of nitrogens with one attached hydrogen (secondary N) is 1. The Morgan fingerprint density at radius 1 is 1.31 bits per heavy atom. The molecule has 6 nitrogen and oxygen atoms in total. The summed E-state index contributed by atoms with van der Waals surface area (Å²) in [6, 6.07) is 8.00. The van der Waals surface area contributed by atoms with Crippen LogP contribution in [0, 0.1) is 12.7 Å². The first-order valence-electron chi connectivity index (χ1n) is 8.28. The molecule has 1 aliphatic rings. The van der Waals surface area contributed by atoms with E-state index < -0.39 is 11.9 Å². The molecule has 26 heavy (non-hydrogen) atoms. The molecule has 1 atom stereocenters. The minimum Gasteiger partial charge on any atom is -0.485 e. The maximum Gasteiger partial charge on any atom is 0.234 e. The van der Waals surface area contributed by atoms with Gasteiger partial charge in [0.15, 0.2) is 11.5 Å². The monoisotopic (exact) mass is 360 g/mol. The molecule has 138 valence electrons. The van der Waals surface area contributed by atoms with Crippen molar-refractivity contribution < 1.29 is 23.4 Å². The van der Waals surface area contributed by atoms with Gasteiger partial charge in [0.25, 0.3) is 0 Å². The third-order valence-electron chi connectivity index (χ3n) is 4.31. The van der Waals surface area contributed by atoms with E-state index in [1.807, 2.05) is 19.1 Å². The lowest BCUT2D eigenvalue weighted by Gasteiger charge is -2.14. The van der Waals surface area contributed by atoms with Crippen molar-refractivity contribution in [3.63, 3.8) is 0 Å². The Balaban J connectivity index is 1.76. The number of primary amides is 1. The van der Waals surface area contributed by atoms with Gasteiger partial charge in [0.2, 0.25) is 18.4 Å². The highest BCUT2D eigenvalue weighted by Crippen LogP contribution is 2.43. The number of rotatable bonds is 7. The van der Waals surface area contributed by atoms with E-state index in [2.05, 4.69) is 5.32 Å². The predicted octanol–water partition coefficient (Wildman–Crippen LogP) is 2.41. The molecule has 0 bridgehead atoms. The van der Waals surface area contributed by atoms with Gasteiger partial charge in [0.1, 0.15) is 12.4 Å². The van der Waals surface area contributed by atoms with E-state index in [0.717, 1.165) is 11.1 Å². The molecular weight excluding hydrogens is 339 g/mol. The zero-order valence-corrected chi connectivity index (χ0v) is 14.7. The summed E-state index contributed by atoms with van der Waals surface area (Å²) in [4.78, 5) is 11.1. The number of nitrogens with two attached hydrogens (primary N) is 1.